The smallest absolute Gasteiger partial charge is 0.245 e. The van der Waals surface area contributed by atoms with Gasteiger partial charge in [-0.1, -0.05) is 43.5 Å². The Labute approximate surface area is 206 Å². The molecule has 1 heterocycles. The molecule has 1 fully saturated rings. The van der Waals surface area contributed by atoms with Crippen molar-refractivity contribution in [3.05, 3.63) is 64.2 Å². The highest BCUT2D eigenvalue weighted by Crippen LogP contribution is 2.41. The maximum atomic E-state index is 13.6. The van der Waals surface area contributed by atoms with E-state index in [2.05, 4.69) is 11.8 Å². The summed E-state index contributed by atoms with van der Waals surface area (Å²) in [5.41, 5.74) is 2.85. The molecule has 1 aliphatic rings. The second-order valence-corrected chi connectivity index (χ2v) is 8.99. The topological polar surface area (TPSA) is 43.2 Å². The third-order valence-electron chi connectivity index (χ3n) is 6.06. The molecule has 1 atom stereocenters. The molecule has 1 saturated carbocycles. The minimum Gasteiger partial charge on any atom is -0.496 e. The van der Waals surface area contributed by atoms with Gasteiger partial charge in [0.1, 0.15) is 17.4 Å². The van der Waals surface area contributed by atoms with Crippen molar-refractivity contribution < 1.29 is 9.13 Å². The van der Waals surface area contributed by atoms with Crippen LogP contribution in [0.25, 0.3) is 5.69 Å². The summed E-state index contributed by atoms with van der Waals surface area (Å²) in [6.07, 6.45) is 4.47. The van der Waals surface area contributed by atoms with Crippen LogP contribution >= 0.6 is 24.0 Å². The van der Waals surface area contributed by atoms with E-state index in [1.54, 1.807) is 11.8 Å². The average molecular weight is 493 g/mol. The van der Waals surface area contributed by atoms with Gasteiger partial charge in [-0.25, -0.2) is 9.07 Å². The SMILES string of the molecule is CCCN(c1nc(C)n(-c2cc(C)c(OC)cc2Cl)n1)[C@@H](CC1CC1)c1ccc(F)cc1.Cl. The van der Waals surface area contributed by atoms with E-state index in [4.69, 9.17) is 26.4 Å². The van der Waals surface area contributed by atoms with E-state index in [1.807, 2.05) is 38.1 Å². The van der Waals surface area contributed by atoms with Gasteiger partial charge in [0, 0.05) is 12.6 Å². The normalized spacial score (nSPS) is 14.0. The number of halogens is 3. The van der Waals surface area contributed by atoms with Crippen LogP contribution in [0, 0.1) is 25.6 Å². The van der Waals surface area contributed by atoms with Crippen LogP contribution in [0.3, 0.4) is 0 Å². The molecule has 0 bridgehead atoms. The van der Waals surface area contributed by atoms with Gasteiger partial charge in [-0.15, -0.1) is 17.5 Å². The molecule has 0 amide bonds. The lowest BCUT2D eigenvalue weighted by molar-refractivity contribution is 0.411. The second-order valence-electron chi connectivity index (χ2n) is 8.58. The molecule has 33 heavy (non-hydrogen) atoms. The summed E-state index contributed by atoms with van der Waals surface area (Å²) in [6.45, 7) is 6.88. The van der Waals surface area contributed by atoms with Crippen LogP contribution in [-0.4, -0.2) is 28.4 Å². The van der Waals surface area contributed by atoms with Crippen LogP contribution < -0.4 is 9.64 Å². The standard InChI is InChI=1S/C25H30ClFN4O.ClH/c1-5-12-30(22(14-18-6-7-18)19-8-10-20(27)11-9-19)25-28-17(3)31(29-25)23-13-16(2)24(32-4)15-21(23)26;/h8-11,13,15,18,22H,5-7,12,14H2,1-4H3;1H/t22-;/m0./s1. The summed E-state index contributed by atoms with van der Waals surface area (Å²) >= 11 is 6.57. The molecule has 5 nitrogen and oxygen atoms in total. The molecule has 0 unspecified atom stereocenters. The van der Waals surface area contributed by atoms with E-state index in [-0.39, 0.29) is 24.3 Å². The quantitative estimate of drug-likeness (QED) is 0.327. The lowest BCUT2D eigenvalue weighted by atomic mass is 9.99. The highest BCUT2D eigenvalue weighted by molar-refractivity contribution is 6.32. The minimum atomic E-state index is -0.219. The molecule has 0 aliphatic heterocycles. The van der Waals surface area contributed by atoms with Crippen molar-refractivity contribution in [3.8, 4) is 11.4 Å². The Hall–Kier alpha value is -2.31. The van der Waals surface area contributed by atoms with Crippen LogP contribution in [0.4, 0.5) is 10.3 Å². The van der Waals surface area contributed by atoms with Crippen molar-refractivity contribution in [3.63, 3.8) is 0 Å². The number of nitrogens with zero attached hydrogens (tertiary/aromatic N) is 4. The molecular weight excluding hydrogens is 462 g/mol. The van der Waals surface area contributed by atoms with Crippen molar-refractivity contribution in [2.45, 2.75) is 52.5 Å². The first-order valence-corrected chi connectivity index (χ1v) is 11.6. The Bertz CT molecular complexity index is 1080. The van der Waals surface area contributed by atoms with Crippen molar-refractivity contribution in [1.82, 2.24) is 14.8 Å². The number of anilines is 1. The Morgan fingerprint density at radius 1 is 1.21 bits per heavy atom. The largest absolute Gasteiger partial charge is 0.496 e. The number of ether oxygens (including phenoxy) is 1. The highest BCUT2D eigenvalue weighted by atomic mass is 35.5. The van der Waals surface area contributed by atoms with Crippen LogP contribution in [-0.2, 0) is 0 Å². The summed E-state index contributed by atoms with van der Waals surface area (Å²) in [7, 11) is 1.63. The first-order chi connectivity index (χ1) is 15.4. The Kier molecular flexibility index (Phi) is 8.24. The predicted molar refractivity (Wildman–Crippen MR) is 134 cm³/mol. The molecular formula is C25H31Cl2FN4O. The predicted octanol–water partition coefficient (Wildman–Crippen LogP) is 6.86. The summed E-state index contributed by atoms with van der Waals surface area (Å²) in [4.78, 5) is 7.09. The van der Waals surface area contributed by atoms with Gasteiger partial charge in [-0.3, -0.25) is 0 Å². The van der Waals surface area contributed by atoms with E-state index in [0.717, 1.165) is 47.8 Å². The molecule has 8 heteroatoms. The minimum absolute atomic E-state index is 0. The number of hydrogen-bond acceptors (Lipinski definition) is 4. The van der Waals surface area contributed by atoms with Gasteiger partial charge in [0.05, 0.1) is 23.9 Å². The zero-order chi connectivity index (χ0) is 22.8. The van der Waals surface area contributed by atoms with Gasteiger partial charge in [0.2, 0.25) is 5.95 Å². The second kappa shape index (κ2) is 10.7. The van der Waals surface area contributed by atoms with E-state index >= 15 is 0 Å². The van der Waals surface area contributed by atoms with Gasteiger partial charge < -0.3 is 9.64 Å². The molecule has 1 aromatic heterocycles. The molecule has 1 aliphatic carbocycles. The summed E-state index contributed by atoms with van der Waals surface area (Å²) in [6, 6.07) is 10.7. The van der Waals surface area contributed by atoms with Crippen molar-refractivity contribution in [2.24, 2.45) is 5.92 Å². The van der Waals surface area contributed by atoms with Gasteiger partial charge in [-0.2, -0.15) is 4.98 Å². The average Bonchev–Trinajstić information content (AvgIpc) is 3.52. The fourth-order valence-corrected chi connectivity index (χ4v) is 4.42. The third-order valence-corrected chi connectivity index (χ3v) is 6.36. The van der Waals surface area contributed by atoms with Gasteiger partial charge in [0.25, 0.3) is 0 Å². The number of aromatic nitrogens is 3. The van der Waals surface area contributed by atoms with Crippen LogP contribution in [0.5, 0.6) is 5.75 Å². The zero-order valence-corrected chi connectivity index (χ0v) is 21.1. The Balaban J connectivity index is 0.00000306. The molecule has 178 valence electrons. The van der Waals surface area contributed by atoms with Gasteiger partial charge in [-0.05, 0) is 61.9 Å². The monoisotopic (exact) mass is 492 g/mol. The molecule has 3 aromatic rings. The molecule has 0 N–H and O–H groups in total. The van der Waals surface area contributed by atoms with Crippen molar-refractivity contribution >= 4 is 30.0 Å². The number of rotatable bonds is 9. The molecule has 0 spiro atoms. The van der Waals surface area contributed by atoms with E-state index in [0.29, 0.717) is 16.9 Å². The van der Waals surface area contributed by atoms with E-state index in [9.17, 15) is 4.39 Å². The molecule has 0 saturated heterocycles. The lowest BCUT2D eigenvalue weighted by Gasteiger charge is -2.31. The summed E-state index contributed by atoms with van der Waals surface area (Å²) in [5, 5.41) is 5.44. The first-order valence-electron chi connectivity index (χ1n) is 11.2. The van der Waals surface area contributed by atoms with Crippen LogP contribution in [0.15, 0.2) is 36.4 Å². The van der Waals surface area contributed by atoms with Gasteiger partial charge >= 0.3 is 0 Å². The van der Waals surface area contributed by atoms with E-state index < -0.39 is 0 Å². The number of methoxy groups -OCH3 is 1. The lowest BCUT2D eigenvalue weighted by Crippen LogP contribution is -2.31. The van der Waals surface area contributed by atoms with E-state index in [1.165, 1.54) is 25.0 Å². The summed E-state index contributed by atoms with van der Waals surface area (Å²) < 4.78 is 20.8. The first kappa shape index (κ1) is 25.3. The Morgan fingerprint density at radius 3 is 2.52 bits per heavy atom. The molecule has 2 aromatic carbocycles. The van der Waals surface area contributed by atoms with Crippen LogP contribution in [0.2, 0.25) is 5.02 Å². The molecule has 4 rings (SSSR count). The van der Waals surface area contributed by atoms with Crippen LogP contribution in [0.1, 0.15) is 55.6 Å². The molecule has 0 radical (unpaired) electrons. The van der Waals surface area contributed by atoms with Crippen molar-refractivity contribution in [1.29, 1.82) is 0 Å². The fourth-order valence-electron chi connectivity index (χ4n) is 4.19. The maximum absolute atomic E-state index is 13.6. The maximum Gasteiger partial charge on any atom is 0.245 e. The number of aryl methyl sites for hydroxylation is 2. The fraction of sp³-hybridized carbons (Fsp3) is 0.440. The van der Waals surface area contributed by atoms with Crippen molar-refractivity contribution in [2.75, 3.05) is 18.6 Å². The third kappa shape index (κ3) is 5.61. The Morgan fingerprint density at radius 2 is 1.91 bits per heavy atom. The number of benzene rings is 2. The summed E-state index contributed by atoms with van der Waals surface area (Å²) in [5.74, 6) is 2.65. The zero-order valence-electron chi connectivity index (χ0n) is 19.5. The highest BCUT2D eigenvalue weighted by Gasteiger charge is 2.31. The number of hydrogen-bond donors (Lipinski definition) is 0. The van der Waals surface area contributed by atoms with Gasteiger partial charge in [0.15, 0.2) is 0 Å².